The molecule has 0 aliphatic carbocycles. The molecule has 0 radical (unpaired) electrons. The highest BCUT2D eigenvalue weighted by atomic mass is 16.3. The first-order chi connectivity index (χ1) is 10.1. The molecule has 104 valence electrons. The molecule has 0 aliphatic heterocycles. The van der Waals surface area contributed by atoms with Crippen LogP contribution in [0.4, 0.5) is 5.69 Å². The number of benzene rings is 2. The van der Waals surface area contributed by atoms with E-state index in [0.717, 1.165) is 5.56 Å². The topological polar surface area (TPSA) is 79.8 Å². The summed E-state index contributed by atoms with van der Waals surface area (Å²) in [6.07, 6.45) is 0. The standard InChI is InChI=1S/C17H15N3O/c1-17(21,15-5-3-2-4-6-15)12-20-16-8-7-13(10-18)14(9-16)11-19/h2-9,20-21H,12H2,1H3. The van der Waals surface area contributed by atoms with Crippen molar-refractivity contribution in [3.05, 3.63) is 65.2 Å². The van der Waals surface area contributed by atoms with E-state index in [2.05, 4.69) is 5.32 Å². The summed E-state index contributed by atoms with van der Waals surface area (Å²) in [7, 11) is 0. The zero-order valence-electron chi connectivity index (χ0n) is 11.7. The highest BCUT2D eigenvalue weighted by Gasteiger charge is 2.22. The van der Waals surface area contributed by atoms with Crippen molar-refractivity contribution in [1.82, 2.24) is 0 Å². The lowest BCUT2D eigenvalue weighted by molar-refractivity contribution is 0.0715. The molecule has 1 unspecified atom stereocenters. The molecule has 0 spiro atoms. The van der Waals surface area contributed by atoms with E-state index in [1.54, 1.807) is 25.1 Å². The molecule has 4 nitrogen and oxygen atoms in total. The van der Waals surface area contributed by atoms with E-state index in [-0.39, 0.29) is 0 Å². The van der Waals surface area contributed by atoms with Crippen molar-refractivity contribution in [3.63, 3.8) is 0 Å². The fourth-order valence-corrected chi connectivity index (χ4v) is 2.02. The number of nitrogens with zero attached hydrogens (tertiary/aromatic N) is 2. The molecule has 0 saturated carbocycles. The van der Waals surface area contributed by atoms with Gasteiger partial charge in [-0.25, -0.2) is 0 Å². The van der Waals surface area contributed by atoms with Gasteiger partial charge in [0.05, 0.1) is 11.1 Å². The van der Waals surface area contributed by atoms with Crippen LogP contribution in [-0.2, 0) is 5.60 Å². The summed E-state index contributed by atoms with van der Waals surface area (Å²) >= 11 is 0. The SMILES string of the molecule is CC(O)(CNc1ccc(C#N)c(C#N)c1)c1ccccc1. The number of anilines is 1. The Bertz CT molecular complexity index is 709. The molecule has 0 saturated heterocycles. The van der Waals surface area contributed by atoms with Gasteiger partial charge in [0, 0.05) is 12.2 Å². The van der Waals surface area contributed by atoms with Crippen LogP contribution in [0.5, 0.6) is 0 Å². The lowest BCUT2D eigenvalue weighted by Gasteiger charge is -2.25. The number of aliphatic hydroxyl groups is 1. The van der Waals surface area contributed by atoms with Crippen LogP contribution in [0.1, 0.15) is 23.6 Å². The number of nitrogens with one attached hydrogen (secondary N) is 1. The molecule has 0 fully saturated rings. The normalized spacial score (nSPS) is 12.8. The van der Waals surface area contributed by atoms with Crippen molar-refractivity contribution in [2.75, 3.05) is 11.9 Å². The highest BCUT2D eigenvalue weighted by molar-refractivity contribution is 5.56. The summed E-state index contributed by atoms with van der Waals surface area (Å²) in [6, 6.07) is 18.3. The van der Waals surface area contributed by atoms with E-state index < -0.39 is 5.60 Å². The van der Waals surface area contributed by atoms with Crippen LogP contribution < -0.4 is 5.32 Å². The average molecular weight is 277 g/mol. The number of hydrogen-bond acceptors (Lipinski definition) is 4. The van der Waals surface area contributed by atoms with Crippen LogP contribution in [-0.4, -0.2) is 11.7 Å². The fourth-order valence-electron chi connectivity index (χ4n) is 2.02. The maximum Gasteiger partial charge on any atom is 0.104 e. The Balaban J connectivity index is 2.14. The third kappa shape index (κ3) is 3.39. The molecule has 0 aliphatic rings. The van der Waals surface area contributed by atoms with Crippen LogP contribution in [0.2, 0.25) is 0 Å². The monoisotopic (exact) mass is 277 g/mol. The quantitative estimate of drug-likeness (QED) is 0.900. The van der Waals surface area contributed by atoms with Gasteiger partial charge in [0.1, 0.15) is 17.7 Å². The molecule has 2 aromatic rings. The summed E-state index contributed by atoms with van der Waals surface area (Å²) in [5.74, 6) is 0. The largest absolute Gasteiger partial charge is 0.384 e. The van der Waals surface area contributed by atoms with Crippen molar-refractivity contribution in [2.24, 2.45) is 0 Å². The third-order valence-corrected chi connectivity index (χ3v) is 3.29. The fraction of sp³-hybridized carbons (Fsp3) is 0.176. The van der Waals surface area contributed by atoms with E-state index in [1.165, 1.54) is 0 Å². The van der Waals surface area contributed by atoms with Gasteiger partial charge in [-0.3, -0.25) is 0 Å². The van der Waals surface area contributed by atoms with E-state index >= 15 is 0 Å². The van der Waals surface area contributed by atoms with Gasteiger partial charge < -0.3 is 10.4 Å². The Morgan fingerprint density at radius 2 is 1.71 bits per heavy atom. The molecule has 4 heteroatoms. The van der Waals surface area contributed by atoms with Crippen LogP contribution >= 0.6 is 0 Å². The zero-order chi connectivity index (χ0) is 15.3. The van der Waals surface area contributed by atoms with Gasteiger partial charge >= 0.3 is 0 Å². The second-order valence-electron chi connectivity index (χ2n) is 4.98. The predicted octanol–water partition coefficient (Wildman–Crippen LogP) is 2.75. The Morgan fingerprint density at radius 1 is 1.05 bits per heavy atom. The van der Waals surface area contributed by atoms with Crippen molar-refractivity contribution in [3.8, 4) is 12.1 Å². The van der Waals surface area contributed by atoms with Crippen molar-refractivity contribution >= 4 is 5.69 Å². The smallest absolute Gasteiger partial charge is 0.104 e. The van der Waals surface area contributed by atoms with E-state index in [4.69, 9.17) is 10.5 Å². The molecule has 0 heterocycles. The molecule has 0 aromatic heterocycles. The minimum Gasteiger partial charge on any atom is -0.384 e. The lowest BCUT2D eigenvalue weighted by atomic mass is 9.96. The van der Waals surface area contributed by atoms with Gasteiger partial charge in [-0.1, -0.05) is 30.3 Å². The number of rotatable bonds is 4. The van der Waals surface area contributed by atoms with E-state index in [0.29, 0.717) is 23.4 Å². The van der Waals surface area contributed by atoms with Crippen molar-refractivity contribution < 1.29 is 5.11 Å². The molecule has 0 bridgehead atoms. The molecule has 2 rings (SSSR count). The van der Waals surface area contributed by atoms with Crippen LogP contribution in [0.3, 0.4) is 0 Å². The van der Waals surface area contributed by atoms with Crippen LogP contribution in [0, 0.1) is 22.7 Å². The maximum atomic E-state index is 10.5. The number of nitriles is 2. The first-order valence-corrected chi connectivity index (χ1v) is 6.53. The van der Waals surface area contributed by atoms with Gasteiger partial charge in [0.25, 0.3) is 0 Å². The second kappa shape index (κ2) is 6.09. The highest BCUT2D eigenvalue weighted by Crippen LogP contribution is 2.22. The van der Waals surface area contributed by atoms with Crippen molar-refractivity contribution in [1.29, 1.82) is 10.5 Å². The molecule has 21 heavy (non-hydrogen) atoms. The van der Waals surface area contributed by atoms with Gasteiger partial charge in [0.2, 0.25) is 0 Å². The zero-order valence-corrected chi connectivity index (χ0v) is 11.7. The maximum absolute atomic E-state index is 10.5. The van der Waals surface area contributed by atoms with Gasteiger partial charge in [-0.2, -0.15) is 10.5 Å². The lowest BCUT2D eigenvalue weighted by Crippen LogP contribution is -2.30. The summed E-state index contributed by atoms with van der Waals surface area (Å²) in [4.78, 5) is 0. The Kier molecular flexibility index (Phi) is 4.23. The van der Waals surface area contributed by atoms with E-state index in [9.17, 15) is 5.11 Å². The van der Waals surface area contributed by atoms with Gasteiger partial charge in [-0.15, -0.1) is 0 Å². The first kappa shape index (κ1) is 14.6. The summed E-state index contributed by atoms with van der Waals surface area (Å²) in [5.41, 5.74) is 1.15. The molecular weight excluding hydrogens is 262 g/mol. The number of hydrogen-bond donors (Lipinski definition) is 2. The minimum absolute atomic E-state index is 0.299. The summed E-state index contributed by atoms with van der Waals surface area (Å²) < 4.78 is 0. The molecule has 1 atom stereocenters. The summed E-state index contributed by atoms with van der Waals surface area (Å²) in [6.45, 7) is 2.03. The molecule has 0 amide bonds. The molecule has 2 N–H and O–H groups in total. The van der Waals surface area contributed by atoms with Crippen molar-refractivity contribution in [2.45, 2.75) is 12.5 Å². The molecule has 2 aromatic carbocycles. The summed E-state index contributed by atoms with van der Waals surface area (Å²) in [5, 5.41) is 31.5. The Hall–Kier alpha value is -2.82. The predicted molar refractivity (Wildman–Crippen MR) is 80.4 cm³/mol. The van der Waals surface area contributed by atoms with E-state index in [1.807, 2.05) is 42.5 Å². The van der Waals surface area contributed by atoms with Crippen LogP contribution in [0.25, 0.3) is 0 Å². The van der Waals surface area contributed by atoms with Crippen LogP contribution in [0.15, 0.2) is 48.5 Å². The first-order valence-electron chi connectivity index (χ1n) is 6.53. The Labute approximate surface area is 123 Å². The Morgan fingerprint density at radius 3 is 2.33 bits per heavy atom. The minimum atomic E-state index is -1.03. The third-order valence-electron chi connectivity index (χ3n) is 3.29. The average Bonchev–Trinajstić information content (AvgIpc) is 2.53. The van der Waals surface area contributed by atoms with Gasteiger partial charge in [0.15, 0.2) is 0 Å². The second-order valence-corrected chi connectivity index (χ2v) is 4.98. The van der Waals surface area contributed by atoms with Gasteiger partial charge in [-0.05, 0) is 30.7 Å². The molecular formula is C17H15N3O.